The fourth-order valence-electron chi connectivity index (χ4n) is 1.27. The molecular formula is C9H17N3O2S. The molecule has 0 saturated carbocycles. The van der Waals surface area contributed by atoms with Crippen molar-refractivity contribution in [1.29, 1.82) is 0 Å². The van der Waals surface area contributed by atoms with Crippen LogP contribution in [0.25, 0.3) is 0 Å². The van der Waals surface area contributed by atoms with Gasteiger partial charge in [0.05, 0.1) is 5.75 Å². The van der Waals surface area contributed by atoms with E-state index in [0.717, 1.165) is 12.5 Å². The Kier molecular flexibility index (Phi) is 4.14. The molecule has 5 nitrogen and oxygen atoms in total. The molecule has 86 valence electrons. The van der Waals surface area contributed by atoms with Crippen molar-refractivity contribution in [3.8, 4) is 0 Å². The van der Waals surface area contributed by atoms with Gasteiger partial charge in [-0.25, -0.2) is 13.4 Å². The first-order valence-corrected chi connectivity index (χ1v) is 7.01. The van der Waals surface area contributed by atoms with Crippen molar-refractivity contribution < 1.29 is 8.42 Å². The lowest BCUT2D eigenvalue weighted by Gasteiger charge is -2.06. The smallest absolute Gasteiger partial charge is 0.202 e. The lowest BCUT2D eigenvalue weighted by molar-refractivity contribution is 0.599. The molecule has 1 N–H and O–H groups in total. The highest BCUT2D eigenvalue weighted by atomic mass is 32.2. The molecule has 0 aliphatic carbocycles. The third-order valence-electron chi connectivity index (χ3n) is 2.03. The molecule has 0 spiro atoms. The molecule has 15 heavy (non-hydrogen) atoms. The number of rotatable bonds is 6. The molecule has 0 atom stereocenters. The molecule has 6 heteroatoms. The number of aryl methyl sites for hydroxylation is 1. The fraction of sp³-hybridized carbons (Fsp3) is 0.667. The van der Waals surface area contributed by atoms with Crippen LogP contribution in [0.2, 0.25) is 0 Å². The predicted octanol–water partition coefficient (Wildman–Crippen LogP) is 0.750. The Labute approximate surface area is 90.4 Å². The van der Waals surface area contributed by atoms with Gasteiger partial charge in [0.1, 0.15) is 9.84 Å². The zero-order valence-electron chi connectivity index (χ0n) is 9.10. The molecule has 0 aliphatic heterocycles. The van der Waals surface area contributed by atoms with E-state index in [0.29, 0.717) is 13.0 Å². The quantitative estimate of drug-likeness (QED) is 0.734. The summed E-state index contributed by atoms with van der Waals surface area (Å²) >= 11 is 0. The second kappa shape index (κ2) is 5.16. The van der Waals surface area contributed by atoms with Crippen LogP contribution in [0.4, 0.5) is 5.95 Å². The minimum atomic E-state index is -2.85. The summed E-state index contributed by atoms with van der Waals surface area (Å²) in [6, 6.07) is 0. The van der Waals surface area contributed by atoms with Crippen LogP contribution < -0.4 is 5.32 Å². The first-order chi connectivity index (χ1) is 7.03. The van der Waals surface area contributed by atoms with E-state index < -0.39 is 9.84 Å². The largest absolute Gasteiger partial charge is 0.356 e. The summed E-state index contributed by atoms with van der Waals surface area (Å²) < 4.78 is 23.7. The van der Waals surface area contributed by atoms with E-state index >= 15 is 0 Å². The first-order valence-electron chi connectivity index (χ1n) is 4.95. The second-order valence-corrected chi connectivity index (χ2v) is 5.71. The summed E-state index contributed by atoms with van der Waals surface area (Å²) in [5.41, 5.74) is 0. The van der Waals surface area contributed by atoms with E-state index in [1.807, 2.05) is 17.7 Å². The van der Waals surface area contributed by atoms with Gasteiger partial charge in [-0.3, -0.25) is 0 Å². The zero-order valence-corrected chi connectivity index (χ0v) is 9.92. The molecule has 0 amide bonds. The number of sulfone groups is 1. The van der Waals surface area contributed by atoms with E-state index in [9.17, 15) is 8.42 Å². The predicted molar refractivity (Wildman–Crippen MR) is 60.7 cm³/mol. The van der Waals surface area contributed by atoms with Crippen LogP contribution in [0.1, 0.15) is 13.3 Å². The van der Waals surface area contributed by atoms with Gasteiger partial charge in [0, 0.05) is 31.7 Å². The van der Waals surface area contributed by atoms with E-state index in [2.05, 4.69) is 10.3 Å². The van der Waals surface area contributed by atoms with E-state index in [1.165, 1.54) is 6.26 Å². The molecule has 0 fully saturated rings. The molecule has 0 unspecified atom stereocenters. The van der Waals surface area contributed by atoms with E-state index in [1.54, 1.807) is 6.20 Å². The number of anilines is 1. The maximum absolute atomic E-state index is 10.9. The normalized spacial score (nSPS) is 11.6. The van der Waals surface area contributed by atoms with Crippen LogP contribution in [-0.4, -0.2) is 36.5 Å². The average molecular weight is 231 g/mol. The Morgan fingerprint density at radius 2 is 2.27 bits per heavy atom. The van der Waals surface area contributed by atoms with Crippen LogP contribution in [-0.2, 0) is 16.4 Å². The molecule has 0 bridgehead atoms. The Morgan fingerprint density at radius 1 is 1.53 bits per heavy atom. The van der Waals surface area contributed by atoms with Crippen LogP contribution in [0.5, 0.6) is 0 Å². The SMILES string of the molecule is CCn1ccnc1NCCCS(C)(=O)=O. The van der Waals surface area contributed by atoms with Gasteiger partial charge in [0.15, 0.2) is 0 Å². The maximum Gasteiger partial charge on any atom is 0.202 e. The topological polar surface area (TPSA) is 64.0 Å². The Bertz CT molecular complexity index is 397. The van der Waals surface area contributed by atoms with Crippen molar-refractivity contribution in [2.24, 2.45) is 0 Å². The number of imidazole rings is 1. The maximum atomic E-state index is 10.9. The van der Waals surface area contributed by atoms with Crippen molar-refractivity contribution in [2.75, 3.05) is 23.9 Å². The number of hydrogen-bond donors (Lipinski definition) is 1. The number of hydrogen-bond acceptors (Lipinski definition) is 4. The molecule has 1 aromatic rings. The van der Waals surface area contributed by atoms with Gasteiger partial charge < -0.3 is 9.88 Å². The summed E-state index contributed by atoms with van der Waals surface area (Å²) in [4.78, 5) is 4.12. The van der Waals surface area contributed by atoms with Crippen LogP contribution in [0.3, 0.4) is 0 Å². The zero-order chi connectivity index (χ0) is 11.3. The second-order valence-electron chi connectivity index (χ2n) is 3.45. The van der Waals surface area contributed by atoms with Gasteiger partial charge >= 0.3 is 0 Å². The molecule has 1 heterocycles. The highest BCUT2D eigenvalue weighted by molar-refractivity contribution is 7.90. The first kappa shape index (κ1) is 12.0. The average Bonchev–Trinajstić information content (AvgIpc) is 2.58. The third kappa shape index (κ3) is 4.33. The summed E-state index contributed by atoms with van der Waals surface area (Å²) in [7, 11) is -2.85. The minimum Gasteiger partial charge on any atom is -0.356 e. The standard InChI is InChI=1S/C9H17N3O2S/c1-3-12-7-6-11-9(12)10-5-4-8-15(2,13)14/h6-7H,3-5,8H2,1-2H3,(H,10,11). The van der Waals surface area contributed by atoms with E-state index in [-0.39, 0.29) is 5.75 Å². The fourth-order valence-corrected chi connectivity index (χ4v) is 1.93. The van der Waals surface area contributed by atoms with Crippen molar-refractivity contribution in [3.63, 3.8) is 0 Å². The van der Waals surface area contributed by atoms with Crippen molar-refractivity contribution >= 4 is 15.8 Å². The molecule has 0 saturated heterocycles. The van der Waals surface area contributed by atoms with Gasteiger partial charge in [-0.1, -0.05) is 0 Å². The molecule has 1 rings (SSSR count). The summed E-state index contributed by atoms with van der Waals surface area (Å²) in [6.45, 7) is 3.52. The van der Waals surface area contributed by atoms with Crippen molar-refractivity contribution in [3.05, 3.63) is 12.4 Å². The molecular weight excluding hydrogens is 214 g/mol. The summed E-state index contributed by atoms with van der Waals surface area (Å²) in [6.07, 6.45) is 5.47. The Morgan fingerprint density at radius 3 is 2.87 bits per heavy atom. The van der Waals surface area contributed by atoms with Crippen molar-refractivity contribution in [1.82, 2.24) is 9.55 Å². The number of aromatic nitrogens is 2. The van der Waals surface area contributed by atoms with Crippen LogP contribution in [0, 0.1) is 0 Å². The molecule has 0 radical (unpaired) electrons. The van der Waals surface area contributed by atoms with E-state index in [4.69, 9.17) is 0 Å². The summed E-state index contributed by atoms with van der Waals surface area (Å²) in [5.74, 6) is 1.01. The van der Waals surface area contributed by atoms with Gasteiger partial charge in [0.2, 0.25) is 5.95 Å². The van der Waals surface area contributed by atoms with Gasteiger partial charge in [0.25, 0.3) is 0 Å². The Balaban J connectivity index is 2.32. The highest BCUT2D eigenvalue weighted by Gasteiger charge is 2.02. The third-order valence-corrected chi connectivity index (χ3v) is 3.06. The van der Waals surface area contributed by atoms with Crippen LogP contribution >= 0.6 is 0 Å². The van der Waals surface area contributed by atoms with Gasteiger partial charge in [-0.2, -0.15) is 0 Å². The summed E-state index contributed by atoms with van der Waals surface area (Å²) in [5, 5.41) is 3.10. The van der Waals surface area contributed by atoms with Gasteiger partial charge in [-0.15, -0.1) is 0 Å². The lowest BCUT2D eigenvalue weighted by Crippen LogP contribution is -2.12. The monoisotopic (exact) mass is 231 g/mol. The number of nitrogens with one attached hydrogen (secondary N) is 1. The van der Waals surface area contributed by atoms with Crippen LogP contribution in [0.15, 0.2) is 12.4 Å². The number of nitrogens with zero attached hydrogens (tertiary/aromatic N) is 2. The molecule has 0 aliphatic rings. The van der Waals surface area contributed by atoms with Crippen molar-refractivity contribution in [2.45, 2.75) is 19.9 Å². The lowest BCUT2D eigenvalue weighted by atomic mass is 10.5. The molecule has 0 aromatic carbocycles. The Hall–Kier alpha value is -1.04. The highest BCUT2D eigenvalue weighted by Crippen LogP contribution is 2.03. The van der Waals surface area contributed by atoms with Gasteiger partial charge in [-0.05, 0) is 13.3 Å². The minimum absolute atomic E-state index is 0.215. The molecule has 1 aromatic heterocycles.